The zero-order valence-electron chi connectivity index (χ0n) is 11.7. The van der Waals surface area contributed by atoms with Crippen LogP contribution >= 0.6 is 0 Å². The van der Waals surface area contributed by atoms with Crippen LogP contribution in [0.5, 0.6) is 0 Å². The van der Waals surface area contributed by atoms with Gasteiger partial charge < -0.3 is 9.84 Å². The Balaban J connectivity index is 3.07. The number of carbonyl (C=O) groups excluding carboxylic acids is 1. The van der Waals surface area contributed by atoms with Gasteiger partial charge in [-0.2, -0.15) is 4.72 Å². The van der Waals surface area contributed by atoms with E-state index in [-0.39, 0.29) is 16.9 Å². The lowest BCUT2D eigenvalue weighted by Gasteiger charge is -2.14. The van der Waals surface area contributed by atoms with Gasteiger partial charge in [0.2, 0.25) is 10.0 Å². The second-order valence-electron chi connectivity index (χ2n) is 4.32. The number of hydrogen-bond acceptors (Lipinski definition) is 5. The second kappa shape index (κ2) is 7.19. The van der Waals surface area contributed by atoms with Crippen LogP contribution in [0.2, 0.25) is 0 Å². The summed E-state index contributed by atoms with van der Waals surface area (Å²) < 4.78 is 30.9. The van der Waals surface area contributed by atoms with Crippen molar-refractivity contribution in [1.82, 2.24) is 4.72 Å². The van der Waals surface area contributed by atoms with Crippen molar-refractivity contribution in [2.45, 2.75) is 30.7 Å². The molecule has 0 radical (unpaired) electrons. The smallest absolute Gasteiger partial charge is 0.337 e. The molecule has 0 spiro atoms. The van der Waals surface area contributed by atoms with Crippen molar-refractivity contribution in [2.75, 3.05) is 7.11 Å². The third kappa shape index (κ3) is 4.54. The van der Waals surface area contributed by atoms with Crippen molar-refractivity contribution < 1.29 is 27.9 Å². The van der Waals surface area contributed by atoms with Gasteiger partial charge in [0.1, 0.15) is 6.04 Å². The molecule has 0 fully saturated rings. The van der Waals surface area contributed by atoms with Crippen LogP contribution in [0, 0.1) is 0 Å². The van der Waals surface area contributed by atoms with Crippen LogP contribution in [0.15, 0.2) is 29.2 Å². The molecule has 0 aromatic heterocycles. The van der Waals surface area contributed by atoms with Gasteiger partial charge in [-0.3, -0.25) is 4.79 Å². The number of hydrogen-bond donors (Lipinski definition) is 2. The molecular weight excluding hydrogens is 298 g/mol. The molecule has 0 bridgehead atoms. The average Bonchev–Trinajstić information content (AvgIpc) is 2.45. The van der Waals surface area contributed by atoms with E-state index in [0.717, 1.165) is 6.07 Å². The molecule has 0 aliphatic heterocycles. The Labute approximate surface area is 123 Å². The summed E-state index contributed by atoms with van der Waals surface area (Å²) in [6.45, 7) is 1.75. The lowest BCUT2D eigenvalue weighted by atomic mass is 10.2. The first kappa shape index (κ1) is 17.1. The molecule has 1 atom stereocenters. The second-order valence-corrected chi connectivity index (χ2v) is 6.03. The molecule has 8 heteroatoms. The van der Waals surface area contributed by atoms with Crippen molar-refractivity contribution in [3.8, 4) is 0 Å². The number of rotatable bonds is 7. The third-order valence-electron chi connectivity index (χ3n) is 2.74. The number of benzene rings is 1. The van der Waals surface area contributed by atoms with Gasteiger partial charge in [0, 0.05) is 0 Å². The Hall–Kier alpha value is -1.93. The highest BCUT2D eigenvalue weighted by atomic mass is 32.2. The zero-order chi connectivity index (χ0) is 16.0. The topological polar surface area (TPSA) is 110 Å². The quantitative estimate of drug-likeness (QED) is 0.727. The zero-order valence-corrected chi connectivity index (χ0v) is 12.5. The maximum Gasteiger partial charge on any atom is 0.337 e. The fourth-order valence-electron chi connectivity index (χ4n) is 1.68. The number of ether oxygens (including phenoxy) is 1. The molecule has 1 aromatic carbocycles. The van der Waals surface area contributed by atoms with Crippen molar-refractivity contribution in [1.29, 1.82) is 0 Å². The number of methoxy groups -OCH3 is 1. The molecule has 0 heterocycles. The van der Waals surface area contributed by atoms with Crippen molar-refractivity contribution >= 4 is 22.0 Å². The van der Waals surface area contributed by atoms with Crippen LogP contribution in [-0.2, 0) is 19.6 Å². The number of sulfonamides is 1. The van der Waals surface area contributed by atoms with Crippen LogP contribution in [-0.4, -0.2) is 38.6 Å². The summed E-state index contributed by atoms with van der Waals surface area (Å²) in [6.07, 6.45) is 0.687. The lowest BCUT2D eigenvalue weighted by Crippen LogP contribution is -2.40. The minimum absolute atomic E-state index is 0.0720. The number of aliphatic carboxylic acids is 1. The monoisotopic (exact) mass is 315 g/mol. The molecule has 1 aromatic rings. The van der Waals surface area contributed by atoms with E-state index in [9.17, 15) is 18.0 Å². The molecule has 7 nitrogen and oxygen atoms in total. The summed E-state index contributed by atoms with van der Waals surface area (Å²) in [4.78, 5) is 22.2. The normalized spacial score (nSPS) is 12.7. The molecule has 0 unspecified atom stereocenters. The molecule has 0 saturated carbocycles. The summed E-state index contributed by atoms with van der Waals surface area (Å²) >= 11 is 0. The maximum atomic E-state index is 12.2. The maximum absolute atomic E-state index is 12.2. The SMILES string of the molecule is CCC[C@H](NS(=O)(=O)c1cccc(C(=O)OC)c1)C(=O)O. The molecule has 2 N–H and O–H groups in total. The van der Waals surface area contributed by atoms with Crippen molar-refractivity contribution in [2.24, 2.45) is 0 Å². The Morgan fingerprint density at radius 1 is 1.38 bits per heavy atom. The van der Waals surface area contributed by atoms with Crippen LogP contribution in [0.3, 0.4) is 0 Å². The first-order chi connectivity index (χ1) is 9.81. The van der Waals surface area contributed by atoms with E-state index in [1.165, 1.54) is 25.3 Å². The molecule has 116 valence electrons. The summed E-state index contributed by atoms with van der Waals surface area (Å²) in [5.41, 5.74) is 0.0720. The van der Waals surface area contributed by atoms with Gasteiger partial charge >= 0.3 is 11.9 Å². The molecule has 1 rings (SSSR count). The minimum Gasteiger partial charge on any atom is -0.480 e. The van der Waals surface area contributed by atoms with Crippen LogP contribution in [0.25, 0.3) is 0 Å². The summed E-state index contributed by atoms with van der Waals surface area (Å²) in [7, 11) is -2.85. The molecule has 0 aliphatic rings. The molecular formula is C13H17NO6S. The molecule has 0 aliphatic carbocycles. The van der Waals surface area contributed by atoms with E-state index in [4.69, 9.17) is 5.11 Å². The molecule has 0 saturated heterocycles. The van der Waals surface area contributed by atoms with Crippen LogP contribution in [0.4, 0.5) is 0 Å². The summed E-state index contributed by atoms with van der Waals surface area (Å²) in [5.74, 6) is -1.92. The average molecular weight is 315 g/mol. The van der Waals surface area contributed by atoms with E-state index in [1.54, 1.807) is 6.92 Å². The van der Waals surface area contributed by atoms with Gasteiger partial charge in [0.05, 0.1) is 17.6 Å². The first-order valence-corrected chi connectivity index (χ1v) is 7.73. The van der Waals surface area contributed by atoms with E-state index in [0.29, 0.717) is 6.42 Å². The van der Waals surface area contributed by atoms with Gasteiger partial charge in [-0.1, -0.05) is 19.4 Å². The number of carbonyl (C=O) groups is 2. The minimum atomic E-state index is -4.03. The Morgan fingerprint density at radius 2 is 2.05 bits per heavy atom. The number of carboxylic acid groups (broad SMARTS) is 1. The first-order valence-electron chi connectivity index (χ1n) is 6.25. The summed E-state index contributed by atoms with van der Waals surface area (Å²) in [5, 5.41) is 8.99. The fourth-order valence-corrected chi connectivity index (χ4v) is 2.95. The lowest BCUT2D eigenvalue weighted by molar-refractivity contribution is -0.139. The molecule has 21 heavy (non-hydrogen) atoms. The largest absolute Gasteiger partial charge is 0.480 e. The van der Waals surface area contributed by atoms with Gasteiger partial charge in [-0.15, -0.1) is 0 Å². The standard InChI is InChI=1S/C13H17NO6S/c1-3-5-11(12(15)16)14-21(18,19)10-7-4-6-9(8-10)13(17)20-2/h4,6-8,11,14H,3,5H2,1-2H3,(H,15,16)/t11-/m0/s1. The van der Waals surface area contributed by atoms with Crippen molar-refractivity contribution in [3.05, 3.63) is 29.8 Å². The highest BCUT2D eigenvalue weighted by Gasteiger charge is 2.25. The highest BCUT2D eigenvalue weighted by molar-refractivity contribution is 7.89. The van der Waals surface area contributed by atoms with E-state index in [2.05, 4.69) is 9.46 Å². The van der Waals surface area contributed by atoms with Gasteiger partial charge in [-0.05, 0) is 24.6 Å². The van der Waals surface area contributed by atoms with Gasteiger partial charge in [0.25, 0.3) is 0 Å². The number of esters is 1. The molecule has 0 amide bonds. The van der Waals surface area contributed by atoms with Crippen LogP contribution in [0.1, 0.15) is 30.1 Å². The Bertz CT molecular complexity index is 625. The van der Waals surface area contributed by atoms with Crippen molar-refractivity contribution in [3.63, 3.8) is 0 Å². The van der Waals surface area contributed by atoms with E-state index in [1.807, 2.05) is 0 Å². The van der Waals surface area contributed by atoms with Crippen LogP contribution < -0.4 is 4.72 Å². The number of carboxylic acids is 1. The van der Waals surface area contributed by atoms with Gasteiger partial charge in [-0.25, -0.2) is 13.2 Å². The van der Waals surface area contributed by atoms with Gasteiger partial charge in [0.15, 0.2) is 0 Å². The third-order valence-corrected chi connectivity index (χ3v) is 4.21. The van der Waals surface area contributed by atoms with E-state index >= 15 is 0 Å². The Kier molecular flexibility index (Phi) is 5.86. The summed E-state index contributed by atoms with van der Waals surface area (Å²) in [6, 6.07) is 4.00. The Morgan fingerprint density at radius 3 is 2.57 bits per heavy atom. The van der Waals surface area contributed by atoms with E-state index < -0.39 is 28.0 Å². The number of nitrogens with one attached hydrogen (secondary N) is 1. The predicted molar refractivity (Wildman–Crippen MR) is 74.4 cm³/mol. The fraction of sp³-hybridized carbons (Fsp3) is 0.385. The highest BCUT2D eigenvalue weighted by Crippen LogP contribution is 2.14. The predicted octanol–water partition coefficient (Wildman–Crippen LogP) is 1.00.